The van der Waals surface area contributed by atoms with Crippen molar-refractivity contribution in [1.29, 1.82) is 0 Å². The molecule has 0 aliphatic rings. The fourth-order valence-corrected chi connectivity index (χ4v) is 4.24. The highest BCUT2D eigenvalue weighted by atomic mass is 28.4. The lowest BCUT2D eigenvalue weighted by Crippen LogP contribution is -2.38. The molecule has 0 spiro atoms. The smallest absolute Gasteiger partial charge is 0.390 e. The Morgan fingerprint density at radius 1 is 0.486 bits per heavy atom. The molecule has 2 unspecified atom stereocenters. The van der Waals surface area contributed by atoms with Crippen LogP contribution in [-0.2, 0) is 9.47 Å². The van der Waals surface area contributed by atoms with Crippen molar-refractivity contribution < 1.29 is 48.5 Å². The van der Waals surface area contributed by atoms with Crippen LogP contribution in [0.3, 0.4) is 0 Å². The predicted octanol–water partition coefficient (Wildman–Crippen LogP) is -5.70. The van der Waals surface area contributed by atoms with Crippen LogP contribution in [0, 0.1) is 0 Å². The Balaban J connectivity index is 3.25. The van der Waals surface area contributed by atoms with E-state index in [0.717, 1.165) is 39.3 Å². The normalized spacial score (nSPS) is 14.3. The molecule has 0 fully saturated rings. The van der Waals surface area contributed by atoms with Gasteiger partial charge in [0.15, 0.2) is 0 Å². The predicted molar refractivity (Wildman–Crippen MR) is 142 cm³/mol. The summed E-state index contributed by atoms with van der Waals surface area (Å²) < 4.78 is 10.5. The molecule has 17 heteroatoms. The van der Waals surface area contributed by atoms with Gasteiger partial charge >= 0.3 is 17.6 Å². The van der Waals surface area contributed by atoms with Gasteiger partial charge in [-0.3, -0.25) is 0 Å². The van der Waals surface area contributed by atoms with E-state index in [-0.39, 0.29) is 38.5 Å². The van der Waals surface area contributed by atoms with Crippen molar-refractivity contribution in [3.63, 3.8) is 0 Å². The van der Waals surface area contributed by atoms with Crippen LogP contribution in [0.4, 0.5) is 0 Å². The minimum absolute atomic E-state index is 0.0724. The molecule has 224 valence electrons. The molecular formula is C20H51N5O10Si2. The minimum Gasteiger partial charge on any atom is -0.390 e. The first-order valence-electron chi connectivity index (χ1n) is 12.9. The van der Waals surface area contributed by atoms with Crippen LogP contribution >= 0.6 is 0 Å². The number of ether oxygens (including phenoxy) is 2. The monoisotopic (exact) mass is 577 g/mol. The molecule has 2 atom stereocenters. The van der Waals surface area contributed by atoms with Gasteiger partial charge in [0, 0.05) is 90.7 Å². The van der Waals surface area contributed by atoms with Crippen molar-refractivity contribution in [3.8, 4) is 0 Å². The van der Waals surface area contributed by atoms with Gasteiger partial charge < -0.3 is 75.0 Å². The van der Waals surface area contributed by atoms with Crippen LogP contribution in [0.15, 0.2) is 0 Å². The van der Waals surface area contributed by atoms with E-state index in [9.17, 15) is 10.2 Å². The Hall–Kier alpha value is -0.166. The van der Waals surface area contributed by atoms with E-state index in [1.54, 1.807) is 0 Å². The summed E-state index contributed by atoms with van der Waals surface area (Å²) in [6.07, 6.45) is -0.630. The van der Waals surface area contributed by atoms with Gasteiger partial charge in [0.1, 0.15) is 0 Å². The van der Waals surface area contributed by atoms with E-state index in [1.807, 2.05) is 0 Å². The molecule has 0 amide bonds. The summed E-state index contributed by atoms with van der Waals surface area (Å²) in [6, 6.07) is -0.145. The van der Waals surface area contributed by atoms with Crippen LogP contribution in [-0.4, -0.2) is 161 Å². The third-order valence-electron chi connectivity index (χ3n) is 4.90. The highest BCUT2D eigenvalue weighted by molar-refractivity contribution is 6.56. The largest absolute Gasteiger partial charge is 0.492 e. The molecule has 0 aliphatic heterocycles. The van der Waals surface area contributed by atoms with Crippen LogP contribution in [0.25, 0.3) is 0 Å². The van der Waals surface area contributed by atoms with Crippen LogP contribution < -0.4 is 26.6 Å². The molecule has 0 aromatic carbocycles. The van der Waals surface area contributed by atoms with Crippen LogP contribution in [0.5, 0.6) is 0 Å². The summed E-state index contributed by atoms with van der Waals surface area (Å²) >= 11 is 0. The molecule has 13 N–H and O–H groups in total. The maximum Gasteiger partial charge on any atom is 0.492 e. The van der Waals surface area contributed by atoms with Gasteiger partial charge in [0.05, 0.1) is 25.4 Å². The lowest BCUT2D eigenvalue weighted by Gasteiger charge is -2.14. The van der Waals surface area contributed by atoms with Gasteiger partial charge in [-0.15, -0.1) is 0 Å². The standard InChI is InChI=1S/C20H51N5O10Si2/c26-19(17-34-11-1-13-36(28,29)30)15-24-9-7-22-5-3-21-4-6-23-8-10-25-16-20(27)18-35-12-2-14-37(31,32)33/h19-33H,1-18H2. The van der Waals surface area contributed by atoms with Gasteiger partial charge in [-0.25, -0.2) is 0 Å². The second-order valence-corrected chi connectivity index (χ2v) is 13.0. The Morgan fingerprint density at radius 3 is 1.08 bits per heavy atom. The average molecular weight is 578 g/mol. The summed E-state index contributed by atoms with van der Waals surface area (Å²) in [7, 11) is -7.99. The molecule has 0 bridgehead atoms. The van der Waals surface area contributed by atoms with Crippen molar-refractivity contribution >= 4 is 17.6 Å². The van der Waals surface area contributed by atoms with Crippen LogP contribution in [0.1, 0.15) is 12.8 Å². The van der Waals surface area contributed by atoms with Gasteiger partial charge in [0.2, 0.25) is 0 Å². The van der Waals surface area contributed by atoms with Crippen molar-refractivity contribution in [3.05, 3.63) is 0 Å². The summed E-state index contributed by atoms with van der Waals surface area (Å²) in [6.45, 7) is 7.86. The van der Waals surface area contributed by atoms with E-state index in [1.165, 1.54) is 0 Å². The Bertz CT molecular complexity index is 465. The number of rotatable bonds is 28. The van der Waals surface area contributed by atoms with Crippen molar-refractivity contribution in [2.24, 2.45) is 0 Å². The average Bonchev–Trinajstić information content (AvgIpc) is 2.79. The highest BCUT2D eigenvalue weighted by Gasteiger charge is 2.26. The maximum atomic E-state index is 9.79. The van der Waals surface area contributed by atoms with E-state index < -0.39 is 29.8 Å². The lowest BCUT2D eigenvalue weighted by molar-refractivity contribution is 0.0363. The molecule has 15 nitrogen and oxygen atoms in total. The summed E-state index contributed by atoms with van der Waals surface area (Å²) in [5.74, 6) is 0. The third-order valence-corrected chi connectivity index (χ3v) is 6.95. The molecule has 0 rings (SSSR count). The number of aliphatic hydroxyl groups is 2. The van der Waals surface area contributed by atoms with Gasteiger partial charge in [-0.2, -0.15) is 0 Å². The number of hydrogen-bond acceptors (Lipinski definition) is 15. The fraction of sp³-hybridized carbons (Fsp3) is 1.00. The van der Waals surface area contributed by atoms with E-state index in [0.29, 0.717) is 39.0 Å². The van der Waals surface area contributed by atoms with E-state index in [2.05, 4.69) is 26.6 Å². The topological polar surface area (TPSA) is 240 Å². The Labute approximate surface area is 222 Å². The van der Waals surface area contributed by atoms with Crippen molar-refractivity contribution in [2.75, 3.05) is 91.9 Å². The Kier molecular flexibility index (Phi) is 23.6. The number of nitrogens with one attached hydrogen (secondary N) is 5. The molecule has 0 radical (unpaired) electrons. The summed E-state index contributed by atoms with van der Waals surface area (Å²) in [5, 5.41) is 35.7. The van der Waals surface area contributed by atoms with Crippen LogP contribution in [0.2, 0.25) is 12.1 Å². The summed E-state index contributed by atoms with van der Waals surface area (Å²) in [4.78, 5) is 53.3. The molecule has 0 aliphatic carbocycles. The zero-order valence-corrected chi connectivity index (χ0v) is 23.8. The number of hydrogen-bond donors (Lipinski definition) is 13. The second kappa shape index (κ2) is 23.7. The van der Waals surface area contributed by atoms with Crippen molar-refractivity contribution in [2.45, 2.75) is 37.1 Å². The molecule has 0 saturated carbocycles. The third kappa shape index (κ3) is 31.9. The first kappa shape index (κ1) is 36.8. The maximum absolute atomic E-state index is 9.79. The molecule has 0 aromatic rings. The van der Waals surface area contributed by atoms with Crippen molar-refractivity contribution in [1.82, 2.24) is 26.6 Å². The zero-order valence-electron chi connectivity index (χ0n) is 21.8. The number of aliphatic hydroxyl groups excluding tert-OH is 2. The molecule has 37 heavy (non-hydrogen) atoms. The SMILES string of the molecule is OC(CNCCNCCNCCNCCNCC(O)COCCC[Si](O)(O)O)COCCC[Si](O)(O)O. The zero-order chi connectivity index (χ0) is 27.8. The second-order valence-electron chi connectivity index (χ2n) is 8.87. The molecule has 0 saturated heterocycles. The molecule has 0 heterocycles. The minimum atomic E-state index is -3.99. The lowest BCUT2D eigenvalue weighted by atomic mass is 10.3. The quantitative estimate of drug-likeness (QED) is 0.0306. The van der Waals surface area contributed by atoms with Gasteiger partial charge in [0.25, 0.3) is 0 Å². The first-order chi connectivity index (χ1) is 17.5. The highest BCUT2D eigenvalue weighted by Crippen LogP contribution is 2.02. The van der Waals surface area contributed by atoms with E-state index in [4.69, 9.17) is 38.2 Å². The van der Waals surface area contributed by atoms with Gasteiger partial charge in [-0.1, -0.05) is 0 Å². The van der Waals surface area contributed by atoms with E-state index >= 15 is 0 Å². The fourth-order valence-electron chi connectivity index (χ4n) is 3.00. The van der Waals surface area contributed by atoms with Gasteiger partial charge in [-0.05, 0) is 12.8 Å². The Morgan fingerprint density at radius 2 is 0.784 bits per heavy atom. The summed E-state index contributed by atoms with van der Waals surface area (Å²) in [5.41, 5.74) is 0. The molecular weight excluding hydrogens is 526 g/mol. The molecule has 0 aromatic heterocycles. The first-order valence-corrected chi connectivity index (χ1v) is 17.0.